The van der Waals surface area contributed by atoms with Crippen LogP contribution in [0.3, 0.4) is 0 Å². The van der Waals surface area contributed by atoms with Crippen LogP contribution in [0.1, 0.15) is 0 Å². The standard InChI is InChI=1S/C36H28O8P2/c37-30-23-21-29(22-24-30)31-32(25-13-5-1-6-14-25)34(27-17-9-3-10-18-27)36(43-46(41,42)44-45(38,39)40)35(28-19-11-4-12-20-28)33(31)26-15-7-2-8-16-26/h1-24,37H,(H,41,42)(H2,38,39,40). The Morgan fingerprint density at radius 2 is 0.717 bits per heavy atom. The van der Waals surface area contributed by atoms with Gasteiger partial charge in [0, 0.05) is 22.3 Å². The Balaban J connectivity index is 1.90. The Labute approximate surface area is 265 Å². The second-order valence-corrected chi connectivity index (χ2v) is 13.1. The minimum atomic E-state index is -5.46. The van der Waals surface area contributed by atoms with Crippen molar-refractivity contribution in [2.75, 3.05) is 0 Å². The molecule has 6 aromatic rings. The van der Waals surface area contributed by atoms with Gasteiger partial charge in [0.05, 0.1) is 0 Å². The number of benzene rings is 6. The van der Waals surface area contributed by atoms with Crippen molar-refractivity contribution in [1.82, 2.24) is 0 Å². The Hall–Kier alpha value is -4.78. The van der Waals surface area contributed by atoms with Gasteiger partial charge < -0.3 is 19.4 Å². The summed E-state index contributed by atoms with van der Waals surface area (Å²) >= 11 is 0. The van der Waals surface area contributed by atoms with E-state index in [-0.39, 0.29) is 11.5 Å². The van der Waals surface area contributed by atoms with Gasteiger partial charge in [-0.25, -0.2) is 9.13 Å². The molecule has 1 unspecified atom stereocenters. The molecule has 10 heteroatoms. The molecule has 4 N–H and O–H groups in total. The third-order valence-electron chi connectivity index (χ3n) is 7.28. The van der Waals surface area contributed by atoms with Gasteiger partial charge in [0.2, 0.25) is 0 Å². The lowest BCUT2D eigenvalue weighted by Gasteiger charge is -2.28. The normalized spacial score (nSPS) is 12.8. The minimum Gasteiger partial charge on any atom is -0.508 e. The third kappa shape index (κ3) is 6.74. The number of phenols is 1. The number of phosphoric ester groups is 1. The number of rotatable bonds is 9. The SMILES string of the molecule is O=P(O)(O)OP(=O)(O)Oc1c(-c2ccccc2)c(-c2ccccc2)c(-c2ccc(O)cc2)c(-c2ccccc2)c1-c1ccccc1. The first-order chi connectivity index (χ1) is 22.1. The zero-order valence-corrected chi connectivity index (χ0v) is 26.0. The molecule has 0 spiro atoms. The van der Waals surface area contributed by atoms with E-state index in [2.05, 4.69) is 4.31 Å². The van der Waals surface area contributed by atoms with Crippen molar-refractivity contribution in [3.8, 4) is 67.1 Å². The summed E-state index contributed by atoms with van der Waals surface area (Å²) in [4.78, 5) is 30.0. The topological polar surface area (TPSA) is 134 Å². The van der Waals surface area contributed by atoms with Crippen LogP contribution in [0.5, 0.6) is 11.5 Å². The van der Waals surface area contributed by atoms with Gasteiger partial charge in [-0.1, -0.05) is 133 Å². The van der Waals surface area contributed by atoms with Crippen LogP contribution in [0.2, 0.25) is 0 Å². The zero-order valence-electron chi connectivity index (χ0n) is 24.2. The summed E-state index contributed by atoms with van der Waals surface area (Å²) in [5, 5.41) is 10.2. The second kappa shape index (κ2) is 12.9. The van der Waals surface area contributed by atoms with Crippen LogP contribution in [-0.4, -0.2) is 19.8 Å². The fraction of sp³-hybridized carbons (Fsp3) is 0. The highest BCUT2D eigenvalue weighted by molar-refractivity contribution is 7.60. The maximum Gasteiger partial charge on any atom is 0.536 e. The molecule has 6 rings (SSSR count). The van der Waals surface area contributed by atoms with Crippen LogP contribution in [0.4, 0.5) is 0 Å². The summed E-state index contributed by atoms with van der Waals surface area (Å²) in [6.45, 7) is 0. The van der Waals surface area contributed by atoms with Crippen LogP contribution in [-0.2, 0) is 13.4 Å². The molecular weight excluding hydrogens is 622 g/mol. The van der Waals surface area contributed by atoms with Crippen molar-refractivity contribution in [3.63, 3.8) is 0 Å². The van der Waals surface area contributed by atoms with E-state index in [4.69, 9.17) is 4.52 Å². The van der Waals surface area contributed by atoms with E-state index >= 15 is 0 Å². The molecule has 0 saturated heterocycles. The summed E-state index contributed by atoms with van der Waals surface area (Å²) in [7, 11) is -10.9. The molecule has 0 aromatic heterocycles. The van der Waals surface area contributed by atoms with Crippen molar-refractivity contribution in [2.45, 2.75) is 0 Å². The van der Waals surface area contributed by atoms with E-state index in [1.807, 2.05) is 121 Å². The molecule has 46 heavy (non-hydrogen) atoms. The van der Waals surface area contributed by atoms with Crippen LogP contribution >= 0.6 is 15.6 Å². The van der Waals surface area contributed by atoms with Gasteiger partial charge in [0.1, 0.15) is 11.5 Å². The lowest BCUT2D eigenvalue weighted by molar-refractivity contribution is 0.230. The van der Waals surface area contributed by atoms with Gasteiger partial charge in [0.15, 0.2) is 0 Å². The Kier molecular flexibility index (Phi) is 8.76. The highest BCUT2D eigenvalue weighted by atomic mass is 31.3. The van der Waals surface area contributed by atoms with Crippen molar-refractivity contribution in [1.29, 1.82) is 0 Å². The van der Waals surface area contributed by atoms with Gasteiger partial charge in [-0.05, 0) is 45.5 Å². The summed E-state index contributed by atoms with van der Waals surface area (Å²) in [5.41, 5.74) is 6.12. The molecule has 0 saturated carbocycles. The molecule has 0 aliphatic heterocycles. The average Bonchev–Trinajstić information content (AvgIpc) is 3.05. The fourth-order valence-electron chi connectivity index (χ4n) is 5.55. The quantitative estimate of drug-likeness (QED) is 0.114. The van der Waals surface area contributed by atoms with E-state index in [0.29, 0.717) is 33.4 Å². The van der Waals surface area contributed by atoms with E-state index in [9.17, 15) is 28.9 Å². The predicted octanol–water partition coefficient (Wildman–Crippen LogP) is 9.32. The Morgan fingerprint density at radius 3 is 1.07 bits per heavy atom. The number of phenolic OH excluding ortho intramolecular Hbond substituents is 1. The zero-order chi connectivity index (χ0) is 32.3. The second-order valence-electron chi connectivity index (χ2n) is 10.3. The van der Waals surface area contributed by atoms with E-state index in [0.717, 1.165) is 22.3 Å². The minimum absolute atomic E-state index is 0.0774. The Bertz CT molecular complexity index is 1960. The number of hydrogen-bond donors (Lipinski definition) is 4. The molecule has 1 atom stereocenters. The highest BCUT2D eigenvalue weighted by Crippen LogP contribution is 2.63. The highest BCUT2D eigenvalue weighted by Gasteiger charge is 2.38. The molecule has 0 amide bonds. The summed E-state index contributed by atoms with van der Waals surface area (Å²) in [5.74, 6) is -0.0366. The third-order valence-corrected chi connectivity index (χ3v) is 9.37. The summed E-state index contributed by atoms with van der Waals surface area (Å²) < 4.78 is 35.5. The van der Waals surface area contributed by atoms with Gasteiger partial charge in [-0.15, -0.1) is 0 Å². The monoisotopic (exact) mass is 650 g/mol. The van der Waals surface area contributed by atoms with E-state index in [1.165, 1.54) is 0 Å². The summed E-state index contributed by atoms with van der Waals surface area (Å²) in [6, 6.07) is 43.7. The van der Waals surface area contributed by atoms with Crippen LogP contribution < -0.4 is 4.52 Å². The average molecular weight is 651 g/mol. The maximum absolute atomic E-state index is 13.4. The molecule has 6 aromatic carbocycles. The van der Waals surface area contributed by atoms with Crippen LogP contribution in [0.15, 0.2) is 146 Å². The lowest BCUT2D eigenvalue weighted by Crippen LogP contribution is -2.04. The van der Waals surface area contributed by atoms with Crippen molar-refractivity contribution >= 4 is 15.6 Å². The molecule has 230 valence electrons. The van der Waals surface area contributed by atoms with E-state index < -0.39 is 15.6 Å². The number of phosphoric acid groups is 2. The van der Waals surface area contributed by atoms with Crippen molar-refractivity contribution in [2.24, 2.45) is 0 Å². The molecule has 0 aliphatic rings. The molecule has 0 heterocycles. The molecular formula is C36H28O8P2. The molecule has 0 aliphatic carbocycles. The predicted molar refractivity (Wildman–Crippen MR) is 179 cm³/mol. The van der Waals surface area contributed by atoms with Crippen LogP contribution in [0.25, 0.3) is 55.6 Å². The first-order valence-electron chi connectivity index (χ1n) is 14.2. The number of aromatic hydroxyl groups is 1. The van der Waals surface area contributed by atoms with Crippen molar-refractivity contribution in [3.05, 3.63) is 146 Å². The lowest BCUT2D eigenvalue weighted by atomic mass is 9.78. The largest absolute Gasteiger partial charge is 0.536 e. The molecule has 8 nitrogen and oxygen atoms in total. The van der Waals surface area contributed by atoms with Gasteiger partial charge in [0.25, 0.3) is 0 Å². The van der Waals surface area contributed by atoms with Gasteiger partial charge in [-0.2, -0.15) is 4.31 Å². The molecule has 0 fully saturated rings. The molecule has 0 bridgehead atoms. The fourth-order valence-corrected chi connectivity index (χ4v) is 7.17. The van der Waals surface area contributed by atoms with Gasteiger partial charge >= 0.3 is 15.6 Å². The van der Waals surface area contributed by atoms with Crippen LogP contribution in [0, 0.1) is 0 Å². The Morgan fingerprint density at radius 1 is 0.413 bits per heavy atom. The molecule has 0 radical (unpaired) electrons. The summed E-state index contributed by atoms with van der Waals surface area (Å²) in [6.07, 6.45) is 0. The van der Waals surface area contributed by atoms with Crippen molar-refractivity contribution < 1.29 is 37.8 Å². The first kappa shape index (κ1) is 31.2. The maximum atomic E-state index is 13.4. The van der Waals surface area contributed by atoms with E-state index in [1.54, 1.807) is 24.3 Å². The number of hydrogen-bond acceptors (Lipinski definition) is 5. The smallest absolute Gasteiger partial charge is 0.508 e. The first-order valence-corrected chi connectivity index (χ1v) is 17.2. The van der Waals surface area contributed by atoms with Gasteiger partial charge in [-0.3, -0.25) is 4.89 Å².